The minimum Gasteiger partial charge on any atom is -0.478 e. The highest BCUT2D eigenvalue weighted by molar-refractivity contribution is 5.94. The molecule has 0 spiro atoms. The number of pyridine rings is 1. The van der Waals surface area contributed by atoms with E-state index in [1.165, 1.54) is 37.7 Å². The number of aromatic nitrogens is 3. The number of carboxylic acid groups (broad SMARTS) is 1. The second kappa shape index (κ2) is 9.30. The van der Waals surface area contributed by atoms with E-state index in [2.05, 4.69) is 15.2 Å². The molecule has 4 rings (SSSR count). The summed E-state index contributed by atoms with van der Waals surface area (Å²) in [7, 11) is 0. The van der Waals surface area contributed by atoms with Gasteiger partial charge in [-0.3, -0.25) is 9.67 Å². The zero-order valence-corrected chi connectivity index (χ0v) is 17.6. The van der Waals surface area contributed by atoms with Gasteiger partial charge in [0.05, 0.1) is 24.0 Å². The van der Waals surface area contributed by atoms with Gasteiger partial charge in [0, 0.05) is 50.4 Å². The van der Waals surface area contributed by atoms with Crippen molar-refractivity contribution in [2.24, 2.45) is 0 Å². The van der Waals surface area contributed by atoms with Crippen LogP contribution in [0, 0.1) is 0 Å². The van der Waals surface area contributed by atoms with Crippen LogP contribution in [0.3, 0.4) is 0 Å². The fourth-order valence-electron chi connectivity index (χ4n) is 4.52. The van der Waals surface area contributed by atoms with Crippen LogP contribution in [0.5, 0.6) is 0 Å². The summed E-state index contributed by atoms with van der Waals surface area (Å²) in [6.07, 6.45) is 10.6. The Labute approximate surface area is 180 Å². The van der Waals surface area contributed by atoms with Crippen LogP contribution in [0.1, 0.15) is 66.8 Å². The minimum atomic E-state index is -2.54. The normalized spacial score (nSPS) is 19.9. The zero-order valence-electron chi connectivity index (χ0n) is 17.6. The molecular formula is C22H29F2N5O2. The molecule has 1 saturated carbocycles. The van der Waals surface area contributed by atoms with Crippen molar-refractivity contribution in [3.63, 3.8) is 0 Å². The molecule has 3 heterocycles. The van der Waals surface area contributed by atoms with Crippen molar-refractivity contribution in [2.75, 3.05) is 25.0 Å². The standard InChI is InChI=1S/C22H29F2N5O2/c23-22(24)7-10-28(11-8-22)12-13-29-15-18(16-4-2-1-3-5-16)20(27-29)26-19-14-25-9-6-17(19)21(30)31/h6,9,14-16H,1-5,7-8,10-13H2,(H,26,27)(H,30,31). The molecule has 168 valence electrons. The van der Waals surface area contributed by atoms with Crippen LogP contribution in [-0.2, 0) is 6.54 Å². The van der Waals surface area contributed by atoms with E-state index in [4.69, 9.17) is 5.10 Å². The summed E-state index contributed by atoms with van der Waals surface area (Å²) in [5.74, 6) is -2.53. The molecule has 2 aromatic heterocycles. The summed E-state index contributed by atoms with van der Waals surface area (Å²) in [5.41, 5.74) is 1.65. The Balaban J connectivity index is 1.51. The number of nitrogens with zero attached hydrogens (tertiary/aromatic N) is 4. The van der Waals surface area contributed by atoms with E-state index >= 15 is 0 Å². The van der Waals surface area contributed by atoms with Crippen molar-refractivity contribution in [2.45, 2.75) is 63.3 Å². The number of nitrogens with one attached hydrogen (secondary N) is 1. The lowest BCUT2D eigenvalue weighted by molar-refractivity contribution is -0.0555. The highest BCUT2D eigenvalue weighted by atomic mass is 19.3. The van der Waals surface area contributed by atoms with Crippen LogP contribution < -0.4 is 5.32 Å². The van der Waals surface area contributed by atoms with E-state index < -0.39 is 11.9 Å². The molecule has 1 saturated heterocycles. The number of rotatable bonds is 7. The number of halogens is 2. The quantitative estimate of drug-likeness (QED) is 0.669. The summed E-state index contributed by atoms with van der Waals surface area (Å²) in [4.78, 5) is 17.7. The van der Waals surface area contributed by atoms with E-state index in [1.807, 2.05) is 10.9 Å². The van der Waals surface area contributed by atoms with Gasteiger partial charge < -0.3 is 15.3 Å². The molecule has 2 fully saturated rings. The van der Waals surface area contributed by atoms with Crippen molar-refractivity contribution >= 4 is 17.5 Å². The van der Waals surface area contributed by atoms with E-state index in [1.54, 1.807) is 0 Å². The molecule has 9 heteroatoms. The Morgan fingerprint density at radius 1 is 1.19 bits per heavy atom. The van der Waals surface area contributed by atoms with Crippen molar-refractivity contribution in [1.29, 1.82) is 0 Å². The van der Waals surface area contributed by atoms with Crippen molar-refractivity contribution in [3.05, 3.63) is 35.8 Å². The van der Waals surface area contributed by atoms with E-state index in [-0.39, 0.29) is 18.4 Å². The lowest BCUT2D eigenvalue weighted by Crippen LogP contribution is -2.40. The molecular weight excluding hydrogens is 404 g/mol. The zero-order chi connectivity index (χ0) is 21.8. The molecule has 0 unspecified atom stereocenters. The predicted molar refractivity (Wildman–Crippen MR) is 113 cm³/mol. The number of carboxylic acids is 1. The first-order chi connectivity index (χ1) is 14.9. The molecule has 0 atom stereocenters. The summed E-state index contributed by atoms with van der Waals surface area (Å²) in [5, 5.41) is 17.4. The topological polar surface area (TPSA) is 83.3 Å². The number of piperidine rings is 1. The third-order valence-corrected chi connectivity index (χ3v) is 6.37. The number of hydrogen-bond donors (Lipinski definition) is 2. The first-order valence-electron chi connectivity index (χ1n) is 11.0. The summed E-state index contributed by atoms with van der Waals surface area (Å²) < 4.78 is 28.7. The van der Waals surface area contributed by atoms with E-state index in [9.17, 15) is 18.7 Å². The maximum atomic E-state index is 13.4. The number of anilines is 2. The smallest absolute Gasteiger partial charge is 0.337 e. The molecule has 0 aromatic carbocycles. The number of carbonyl (C=O) groups is 1. The summed E-state index contributed by atoms with van der Waals surface area (Å²) in [6.45, 7) is 2.05. The number of likely N-dealkylation sites (tertiary alicyclic amines) is 1. The van der Waals surface area contributed by atoms with Crippen molar-refractivity contribution in [3.8, 4) is 0 Å². The highest BCUT2D eigenvalue weighted by Gasteiger charge is 2.33. The van der Waals surface area contributed by atoms with Crippen LogP contribution in [-0.4, -0.2) is 56.3 Å². The maximum Gasteiger partial charge on any atom is 0.337 e. The Hall–Kier alpha value is -2.55. The average Bonchev–Trinajstić information content (AvgIpc) is 3.16. The second-order valence-electron chi connectivity index (χ2n) is 8.58. The van der Waals surface area contributed by atoms with Crippen LogP contribution in [0.4, 0.5) is 20.3 Å². The van der Waals surface area contributed by atoms with Crippen LogP contribution in [0.25, 0.3) is 0 Å². The molecule has 2 aromatic rings. The summed E-state index contributed by atoms with van der Waals surface area (Å²) in [6, 6.07) is 1.47. The summed E-state index contributed by atoms with van der Waals surface area (Å²) >= 11 is 0. The molecule has 31 heavy (non-hydrogen) atoms. The largest absolute Gasteiger partial charge is 0.478 e. The first kappa shape index (κ1) is 21.7. The lowest BCUT2D eigenvalue weighted by atomic mass is 9.85. The Kier molecular flexibility index (Phi) is 6.50. The molecule has 0 bridgehead atoms. The van der Waals surface area contributed by atoms with E-state index in [0.717, 1.165) is 18.4 Å². The third-order valence-electron chi connectivity index (χ3n) is 6.37. The Morgan fingerprint density at radius 2 is 1.94 bits per heavy atom. The lowest BCUT2D eigenvalue weighted by Gasteiger charge is -2.31. The fraction of sp³-hybridized carbons (Fsp3) is 0.591. The van der Waals surface area contributed by atoms with Gasteiger partial charge >= 0.3 is 5.97 Å². The van der Waals surface area contributed by atoms with Gasteiger partial charge in [-0.1, -0.05) is 19.3 Å². The number of aromatic carboxylic acids is 1. The molecule has 0 radical (unpaired) electrons. The number of hydrogen-bond acceptors (Lipinski definition) is 5. The van der Waals surface area contributed by atoms with E-state index in [0.29, 0.717) is 43.6 Å². The highest BCUT2D eigenvalue weighted by Crippen LogP contribution is 2.37. The molecule has 2 N–H and O–H groups in total. The monoisotopic (exact) mass is 433 g/mol. The Bertz CT molecular complexity index is 901. The molecule has 0 amide bonds. The van der Waals surface area contributed by atoms with Gasteiger partial charge in [-0.15, -0.1) is 0 Å². The minimum absolute atomic E-state index is 0.0921. The Morgan fingerprint density at radius 3 is 2.65 bits per heavy atom. The molecule has 2 aliphatic rings. The predicted octanol–water partition coefficient (Wildman–Crippen LogP) is 4.50. The SMILES string of the molecule is O=C(O)c1ccncc1Nc1nn(CCN2CCC(F)(F)CC2)cc1C1CCCCC1. The van der Waals surface area contributed by atoms with Crippen molar-refractivity contribution in [1.82, 2.24) is 19.7 Å². The molecule has 7 nitrogen and oxygen atoms in total. The number of alkyl halides is 2. The maximum absolute atomic E-state index is 13.4. The first-order valence-corrected chi connectivity index (χ1v) is 11.0. The van der Waals surface area contributed by atoms with Crippen LogP contribution >= 0.6 is 0 Å². The molecule has 1 aliphatic carbocycles. The van der Waals surface area contributed by atoms with Gasteiger partial charge in [-0.2, -0.15) is 5.10 Å². The van der Waals surface area contributed by atoms with Crippen LogP contribution in [0.15, 0.2) is 24.7 Å². The van der Waals surface area contributed by atoms with Gasteiger partial charge in [0.25, 0.3) is 5.92 Å². The second-order valence-corrected chi connectivity index (χ2v) is 8.58. The average molecular weight is 434 g/mol. The van der Waals surface area contributed by atoms with Gasteiger partial charge in [-0.25, -0.2) is 13.6 Å². The van der Waals surface area contributed by atoms with Gasteiger partial charge in [0.15, 0.2) is 5.82 Å². The van der Waals surface area contributed by atoms with Gasteiger partial charge in [-0.05, 0) is 24.8 Å². The molecule has 1 aliphatic heterocycles. The fourth-order valence-corrected chi connectivity index (χ4v) is 4.52. The van der Waals surface area contributed by atoms with Gasteiger partial charge in [0.1, 0.15) is 0 Å². The van der Waals surface area contributed by atoms with Crippen LogP contribution in [0.2, 0.25) is 0 Å². The third kappa shape index (κ3) is 5.39. The van der Waals surface area contributed by atoms with Gasteiger partial charge in [0.2, 0.25) is 0 Å². The van der Waals surface area contributed by atoms with Crippen molar-refractivity contribution < 1.29 is 18.7 Å².